The number of nitrogens with one attached hydrogen (secondary N) is 1. The molecule has 17 heavy (non-hydrogen) atoms. The third-order valence-electron chi connectivity index (χ3n) is 3.67. The molecule has 0 aromatic carbocycles. The highest BCUT2D eigenvalue weighted by Crippen LogP contribution is 2.17. The van der Waals surface area contributed by atoms with E-state index >= 15 is 0 Å². The first kappa shape index (κ1) is 12.4. The zero-order valence-electron chi connectivity index (χ0n) is 10.2. The van der Waals surface area contributed by atoms with E-state index in [2.05, 4.69) is 5.32 Å². The predicted molar refractivity (Wildman–Crippen MR) is 64.2 cm³/mol. The molecule has 0 aromatic rings. The second-order valence-corrected chi connectivity index (χ2v) is 5.04. The van der Waals surface area contributed by atoms with Gasteiger partial charge in [-0.15, -0.1) is 0 Å². The lowest BCUT2D eigenvalue weighted by Gasteiger charge is -2.29. The molecule has 2 atom stereocenters. The molecule has 5 nitrogen and oxygen atoms in total. The highest BCUT2D eigenvalue weighted by atomic mass is 16.2. The van der Waals surface area contributed by atoms with Crippen molar-refractivity contribution in [3.8, 4) is 0 Å². The minimum atomic E-state index is -0.0670. The largest absolute Gasteiger partial charge is 0.350 e. The van der Waals surface area contributed by atoms with E-state index in [9.17, 15) is 9.59 Å². The van der Waals surface area contributed by atoms with Crippen molar-refractivity contribution in [3.63, 3.8) is 0 Å². The lowest BCUT2D eigenvalue weighted by molar-refractivity contribution is -0.133. The van der Waals surface area contributed by atoms with Gasteiger partial charge in [-0.1, -0.05) is 12.8 Å². The minimum absolute atomic E-state index is 0.0670. The third kappa shape index (κ3) is 3.19. The Morgan fingerprint density at radius 1 is 1.35 bits per heavy atom. The van der Waals surface area contributed by atoms with Crippen LogP contribution in [0.2, 0.25) is 0 Å². The summed E-state index contributed by atoms with van der Waals surface area (Å²) in [6, 6.07) is 0.163. The Balaban J connectivity index is 1.78. The van der Waals surface area contributed by atoms with Gasteiger partial charge in [-0.2, -0.15) is 0 Å². The fraction of sp³-hybridized carbons (Fsp3) is 0.833. The molecule has 1 saturated carbocycles. The highest BCUT2D eigenvalue weighted by molar-refractivity contribution is 5.85. The Bertz CT molecular complexity index is 306. The molecule has 1 saturated heterocycles. The van der Waals surface area contributed by atoms with Crippen LogP contribution in [-0.2, 0) is 9.59 Å². The maximum Gasteiger partial charge on any atom is 0.239 e. The average Bonchev–Trinajstić information content (AvgIpc) is 2.68. The summed E-state index contributed by atoms with van der Waals surface area (Å²) < 4.78 is 0. The Morgan fingerprint density at radius 3 is 2.76 bits per heavy atom. The maximum atomic E-state index is 11.8. The molecule has 0 radical (unpaired) electrons. The Labute approximate surface area is 102 Å². The molecule has 2 fully saturated rings. The molecule has 2 aliphatic rings. The van der Waals surface area contributed by atoms with Crippen molar-refractivity contribution >= 4 is 11.8 Å². The van der Waals surface area contributed by atoms with Crippen LogP contribution in [0.4, 0.5) is 0 Å². The summed E-state index contributed by atoms with van der Waals surface area (Å²) in [5.41, 5.74) is 5.97. The summed E-state index contributed by atoms with van der Waals surface area (Å²) in [7, 11) is 0. The van der Waals surface area contributed by atoms with E-state index in [0.29, 0.717) is 13.0 Å². The van der Waals surface area contributed by atoms with E-state index in [1.54, 1.807) is 4.90 Å². The van der Waals surface area contributed by atoms with Gasteiger partial charge in [0.15, 0.2) is 0 Å². The van der Waals surface area contributed by atoms with Crippen molar-refractivity contribution in [2.45, 2.75) is 50.6 Å². The van der Waals surface area contributed by atoms with Gasteiger partial charge in [0.2, 0.25) is 11.8 Å². The third-order valence-corrected chi connectivity index (χ3v) is 3.67. The fourth-order valence-electron chi connectivity index (χ4n) is 2.64. The Morgan fingerprint density at radius 2 is 2.12 bits per heavy atom. The van der Waals surface area contributed by atoms with E-state index in [1.165, 1.54) is 0 Å². The van der Waals surface area contributed by atoms with Crippen LogP contribution >= 0.6 is 0 Å². The second-order valence-electron chi connectivity index (χ2n) is 5.04. The average molecular weight is 239 g/mol. The van der Waals surface area contributed by atoms with Crippen molar-refractivity contribution in [1.82, 2.24) is 10.2 Å². The molecular weight excluding hydrogens is 218 g/mol. The molecule has 1 aliphatic heterocycles. The summed E-state index contributed by atoms with van der Waals surface area (Å²) in [6.45, 7) is 0.908. The molecule has 2 rings (SSSR count). The van der Waals surface area contributed by atoms with E-state index < -0.39 is 0 Å². The van der Waals surface area contributed by atoms with Gasteiger partial charge in [-0.25, -0.2) is 0 Å². The molecule has 0 spiro atoms. The first-order valence-corrected chi connectivity index (χ1v) is 6.49. The number of rotatable bonds is 3. The molecule has 96 valence electrons. The van der Waals surface area contributed by atoms with Crippen molar-refractivity contribution in [3.05, 3.63) is 0 Å². The Kier molecular flexibility index (Phi) is 3.99. The number of hydrogen-bond donors (Lipinski definition) is 2. The van der Waals surface area contributed by atoms with Crippen LogP contribution in [0.5, 0.6) is 0 Å². The fourth-order valence-corrected chi connectivity index (χ4v) is 2.64. The SMILES string of the molecule is NC1CCCCC1NC(=O)CN1CCCC1=O. The quantitative estimate of drug-likeness (QED) is 0.727. The van der Waals surface area contributed by atoms with Crippen molar-refractivity contribution in [2.75, 3.05) is 13.1 Å². The number of hydrogen-bond acceptors (Lipinski definition) is 3. The molecule has 1 aliphatic carbocycles. The summed E-state index contributed by atoms with van der Waals surface area (Å²) in [6.07, 6.45) is 5.67. The van der Waals surface area contributed by atoms with Crippen LogP contribution in [0.3, 0.4) is 0 Å². The van der Waals surface area contributed by atoms with E-state index in [4.69, 9.17) is 5.73 Å². The topological polar surface area (TPSA) is 75.4 Å². The first-order valence-electron chi connectivity index (χ1n) is 6.49. The van der Waals surface area contributed by atoms with E-state index in [0.717, 1.165) is 32.1 Å². The van der Waals surface area contributed by atoms with Gasteiger partial charge in [0.1, 0.15) is 0 Å². The van der Waals surface area contributed by atoms with Gasteiger partial charge in [0.05, 0.1) is 6.54 Å². The smallest absolute Gasteiger partial charge is 0.239 e. The van der Waals surface area contributed by atoms with Crippen LogP contribution in [-0.4, -0.2) is 41.9 Å². The molecule has 2 amide bonds. The van der Waals surface area contributed by atoms with Crippen LogP contribution in [0, 0.1) is 0 Å². The number of nitrogens with zero attached hydrogens (tertiary/aromatic N) is 1. The predicted octanol–water partition coefficient (Wildman–Crippen LogP) is -0.00510. The van der Waals surface area contributed by atoms with Gasteiger partial charge in [0, 0.05) is 25.0 Å². The second kappa shape index (κ2) is 5.49. The first-order chi connectivity index (χ1) is 8.16. The number of likely N-dealkylation sites (tertiary alicyclic amines) is 1. The number of carbonyl (C=O) groups excluding carboxylic acids is 2. The minimum Gasteiger partial charge on any atom is -0.350 e. The van der Waals surface area contributed by atoms with E-state index in [-0.39, 0.29) is 30.4 Å². The van der Waals surface area contributed by atoms with Gasteiger partial charge >= 0.3 is 0 Å². The Hall–Kier alpha value is -1.10. The monoisotopic (exact) mass is 239 g/mol. The van der Waals surface area contributed by atoms with Crippen molar-refractivity contribution in [1.29, 1.82) is 0 Å². The zero-order valence-corrected chi connectivity index (χ0v) is 10.2. The lowest BCUT2D eigenvalue weighted by atomic mass is 9.91. The van der Waals surface area contributed by atoms with Gasteiger partial charge < -0.3 is 16.0 Å². The normalized spacial score (nSPS) is 29.5. The van der Waals surface area contributed by atoms with Crippen LogP contribution < -0.4 is 11.1 Å². The van der Waals surface area contributed by atoms with Crippen molar-refractivity contribution < 1.29 is 9.59 Å². The molecular formula is C12H21N3O2. The van der Waals surface area contributed by atoms with Crippen LogP contribution in [0.1, 0.15) is 38.5 Å². The van der Waals surface area contributed by atoms with Crippen molar-refractivity contribution in [2.24, 2.45) is 5.73 Å². The summed E-state index contributed by atoms with van der Waals surface area (Å²) in [5, 5.41) is 2.96. The van der Waals surface area contributed by atoms with E-state index in [1.807, 2.05) is 0 Å². The summed E-state index contributed by atoms with van der Waals surface area (Å²) in [4.78, 5) is 24.8. The molecule has 0 aromatic heterocycles. The number of nitrogens with two attached hydrogens (primary N) is 1. The molecule has 3 N–H and O–H groups in total. The molecule has 5 heteroatoms. The lowest BCUT2D eigenvalue weighted by Crippen LogP contribution is -2.51. The number of amides is 2. The summed E-state index contributed by atoms with van der Waals surface area (Å²) in [5.74, 6) is 0.0238. The molecule has 0 bridgehead atoms. The van der Waals surface area contributed by atoms with Gasteiger partial charge in [-0.05, 0) is 19.3 Å². The van der Waals surface area contributed by atoms with Crippen LogP contribution in [0.15, 0.2) is 0 Å². The highest BCUT2D eigenvalue weighted by Gasteiger charge is 2.26. The summed E-state index contributed by atoms with van der Waals surface area (Å²) >= 11 is 0. The number of carbonyl (C=O) groups is 2. The van der Waals surface area contributed by atoms with Crippen LogP contribution in [0.25, 0.3) is 0 Å². The zero-order chi connectivity index (χ0) is 12.3. The van der Waals surface area contributed by atoms with Gasteiger partial charge in [-0.3, -0.25) is 9.59 Å². The standard InChI is InChI=1S/C12H21N3O2/c13-9-4-1-2-5-10(9)14-11(16)8-15-7-3-6-12(15)17/h9-10H,1-8,13H2,(H,14,16). The molecule has 2 unspecified atom stereocenters. The molecule has 1 heterocycles. The van der Waals surface area contributed by atoms with Gasteiger partial charge in [0.25, 0.3) is 0 Å². The maximum absolute atomic E-state index is 11.8.